The number of carboxylic acid groups (broad SMARTS) is 1. The molecule has 7 heteroatoms. The largest absolute Gasteiger partial charge is 0.477 e. The van der Waals surface area contributed by atoms with Crippen molar-refractivity contribution in [3.05, 3.63) is 45.7 Å². The van der Waals surface area contributed by atoms with Crippen molar-refractivity contribution in [2.45, 2.75) is 19.9 Å². The van der Waals surface area contributed by atoms with E-state index in [1.807, 2.05) is 13.8 Å². The van der Waals surface area contributed by atoms with Crippen molar-refractivity contribution in [2.24, 2.45) is 0 Å². The Balaban J connectivity index is 2.12. The lowest BCUT2D eigenvalue weighted by Gasteiger charge is -2.11. The summed E-state index contributed by atoms with van der Waals surface area (Å²) in [6, 6.07) is 2.49. The highest BCUT2D eigenvalue weighted by Crippen LogP contribution is 2.19. The molecule has 0 aliphatic rings. The number of nitrogens with zero attached hydrogens (tertiary/aromatic N) is 2. The molecule has 0 radical (unpaired) electrons. The Morgan fingerprint density at radius 2 is 2.15 bits per heavy atom. The summed E-state index contributed by atoms with van der Waals surface area (Å²) in [6.07, 6.45) is 3.05. The van der Waals surface area contributed by atoms with Crippen molar-refractivity contribution in [2.75, 3.05) is 0 Å². The van der Waals surface area contributed by atoms with Crippen LogP contribution in [0.15, 0.2) is 24.5 Å². The van der Waals surface area contributed by atoms with Crippen LogP contribution in [0.5, 0.6) is 0 Å². The topological polar surface area (TPSA) is 92.2 Å². The van der Waals surface area contributed by atoms with Gasteiger partial charge in [0.1, 0.15) is 10.7 Å². The molecule has 0 spiro atoms. The predicted molar refractivity (Wildman–Crippen MR) is 73.9 cm³/mol. The quantitative estimate of drug-likeness (QED) is 0.899. The van der Waals surface area contributed by atoms with Crippen molar-refractivity contribution in [1.29, 1.82) is 0 Å². The molecule has 2 N–H and O–H groups in total. The van der Waals surface area contributed by atoms with Crippen molar-refractivity contribution in [3.63, 3.8) is 0 Å². The fraction of sp³-hybridized carbons (Fsp3) is 0.231. The van der Waals surface area contributed by atoms with Crippen molar-refractivity contribution in [3.8, 4) is 0 Å². The Morgan fingerprint density at radius 3 is 2.75 bits per heavy atom. The molecular weight excluding hydrogens is 278 g/mol. The van der Waals surface area contributed by atoms with E-state index in [2.05, 4.69) is 15.3 Å². The van der Waals surface area contributed by atoms with E-state index in [-0.39, 0.29) is 23.2 Å². The average molecular weight is 291 g/mol. The van der Waals surface area contributed by atoms with E-state index < -0.39 is 5.97 Å². The molecule has 1 atom stereocenters. The van der Waals surface area contributed by atoms with Crippen LogP contribution in [0.25, 0.3) is 0 Å². The summed E-state index contributed by atoms with van der Waals surface area (Å²) in [5, 5.41) is 12.4. The number of aryl methyl sites for hydroxylation is 1. The summed E-state index contributed by atoms with van der Waals surface area (Å²) in [5.74, 6) is -1.52. The third-order valence-electron chi connectivity index (χ3n) is 2.60. The van der Waals surface area contributed by atoms with Crippen LogP contribution in [0.3, 0.4) is 0 Å². The Labute approximate surface area is 119 Å². The van der Waals surface area contributed by atoms with Crippen LogP contribution in [-0.4, -0.2) is 27.0 Å². The summed E-state index contributed by atoms with van der Waals surface area (Å²) in [6.45, 7) is 3.77. The number of amides is 1. The van der Waals surface area contributed by atoms with E-state index in [0.29, 0.717) is 0 Å². The number of hydrogen-bond donors (Lipinski definition) is 2. The minimum atomic E-state index is -1.16. The minimum absolute atomic E-state index is 0.157. The zero-order valence-electron chi connectivity index (χ0n) is 11.0. The molecule has 20 heavy (non-hydrogen) atoms. The fourth-order valence-electron chi connectivity index (χ4n) is 1.60. The number of nitrogens with one attached hydrogen (secondary N) is 1. The third kappa shape index (κ3) is 3.18. The fourth-order valence-corrected chi connectivity index (χ4v) is 2.38. The maximum absolute atomic E-state index is 12.1. The molecule has 2 aromatic rings. The molecule has 2 rings (SSSR count). The van der Waals surface area contributed by atoms with Gasteiger partial charge in [-0.2, -0.15) is 0 Å². The molecule has 6 nitrogen and oxygen atoms in total. The van der Waals surface area contributed by atoms with Gasteiger partial charge >= 0.3 is 5.97 Å². The number of thiazole rings is 1. The van der Waals surface area contributed by atoms with Gasteiger partial charge in [-0.1, -0.05) is 0 Å². The molecule has 2 heterocycles. The maximum atomic E-state index is 12.1. The Morgan fingerprint density at radius 1 is 1.40 bits per heavy atom. The van der Waals surface area contributed by atoms with E-state index in [0.717, 1.165) is 9.88 Å². The van der Waals surface area contributed by atoms with Gasteiger partial charge < -0.3 is 10.4 Å². The molecule has 0 bridgehead atoms. The van der Waals surface area contributed by atoms with Gasteiger partial charge in [0.05, 0.1) is 6.04 Å². The highest BCUT2D eigenvalue weighted by molar-refractivity contribution is 7.11. The van der Waals surface area contributed by atoms with E-state index in [1.54, 1.807) is 6.20 Å². The number of rotatable bonds is 4. The zero-order valence-corrected chi connectivity index (χ0v) is 11.8. The van der Waals surface area contributed by atoms with Gasteiger partial charge in [-0.15, -0.1) is 11.3 Å². The molecule has 0 saturated heterocycles. The number of carboxylic acids is 1. The molecule has 1 unspecified atom stereocenters. The maximum Gasteiger partial charge on any atom is 0.354 e. The predicted octanol–water partition coefficient (Wildman–Crippen LogP) is 2.04. The number of aromatic carboxylic acids is 1. The van der Waals surface area contributed by atoms with Crippen molar-refractivity contribution in [1.82, 2.24) is 15.3 Å². The standard InChI is InChI=1S/C13H13N3O3S/c1-7-6-15-12(20-7)8(2)16-11(17)9-3-4-14-10(5-9)13(18)19/h3-6,8H,1-2H3,(H,16,17)(H,18,19). The summed E-state index contributed by atoms with van der Waals surface area (Å²) in [7, 11) is 0. The smallest absolute Gasteiger partial charge is 0.354 e. The lowest BCUT2D eigenvalue weighted by Crippen LogP contribution is -2.26. The summed E-state index contributed by atoms with van der Waals surface area (Å²) >= 11 is 1.51. The highest BCUT2D eigenvalue weighted by Gasteiger charge is 2.15. The molecule has 0 fully saturated rings. The molecule has 1 amide bonds. The SMILES string of the molecule is Cc1cnc(C(C)NC(=O)c2ccnc(C(=O)O)c2)s1. The summed E-state index contributed by atoms with van der Waals surface area (Å²) in [5.41, 5.74) is 0.105. The molecule has 0 aliphatic carbocycles. The van der Waals surface area contributed by atoms with E-state index in [4.69, 9.17) is 5.11 Å². The van der Waals surface area contributed by atoms with Gasteiger partial charge in [-0.25, -0.2) is 14.8 Å². The Bertz CT molecular complexity index is 654. The van der Waals surface area contributed by atoms with Crippen molar-refractivity contribution < 1.29 is 14.7 Å². The average Bonchev–Trinajstić information content (AvgIpc) is 2.85. The Kier molecular flexibility index (Phi) is 4.09. The second-order valence-corrected chi connectivity index (χ2v) is 5.51. The lowest BCUT2D eigenvalue weighted by atomic mass is 10.2. The number of hydrogen-bond acceptors (Lipinski definition) is 5. The molecular formula is C13H13N3O3S. The first kappa shape index (κ1) is 14.1. The molecule has 2 aromatic heterocycles. The van der Waals surface area contributed by atoms with Gasteiger partial charge in [0.2, 0.25) is 0 Å². The van der Waals surface area contributed by atoms with E-state index >= 15 is 0 Å². The second kappa shape index (κ2) is 5.79. The number of aromatic nitrogens is 2. The number of pyridine rings is 1. The van der Waals surface area contributed by atoms with Crippen LogP contribution in [0.4, 0.5) is 0 Å². The zero-order chi connectivity index (χ0) is 14.7. The van der Waals surface area contributed by atoms with Crippen molar-refractivity contribution >= 4 is 23.2 Å². The van der Waals surface area contributed by atoms with Crippen LogP contribution >= 0.6 is 11.3 Å². The minimum Gasteiger partial charge on any atom is -0.477 e. The normalized spacial score (nSPS) is 11.9. The van der Waals surface area contributed by atoms with Crippen LogP contribution < -0.4 is 5.32 Å². The van der Waals surface area contributed by atoms with Crippen LogP contribution in [0.1, 0.15) is 43.7 Å². The monoisotopic (exact) mass is 291 g/mol. The lowest BCUT2D eigenvalue weighted by molar-refractivity contribution is 0.0690. The summed E-state index contributed by atoms with van der Waals surface area (Å²) < 4.78 is 0. The summed E-state index contributed by atoms with van der Waals surface area (Å²) in [4.78, 5) is 31.8. The molecule has 0 aromatic carbocycles. The highest BCUT2D eigenvalue weighted by atomic mass is 32.1. The van der Waals surface area contributed by atoms with E-state index in [1.165, 1.54) is 29.7 Å². The number of carbonyl (C=O) groups is 2. The van der Waals surface area contributed by atoms with Gasteiger partial charge in [-0.3, -0.25) is 4.79 Å². The van der Waals surface area contributed by atoms with Gasteiger partial charge in [0.15, 0.2) is 0 Å². The second-order valence-electron chi connectivity index (χ2n) is 4.24. The third-order valence-corrected chi connectivity index (χ3v) is 3.69. The number of carbonyl (C=O) groups excluding carboxylic acids is 1. The van der Waals surface area contributed by atoms with Gasteiger partial charge in [-0.05, 0) is 26.0 Å². The van der Waals surface area contributed by atoms with E-state index in [9.17, 15) is 9.59 Å². The first-order valence-corrected chi connectivity index (χ1v) is 6.71. The van der Waals surface area contributed by atoms with Crippen LogP contribution in [0, 0.1) is 6.92 Å². The first-order valence-electron chi connectivity index (χ1n) is 5.90. The van der Waals surface area contributed by atoms with Gasteiger partial charge in [0.25, 0.3) is 5.91 Å². The van der Waals surface area contributed by atoms with Gasteiger partial charge in [0, 0.05) is 22.8 Å². The van der Waals surface area contributed by atoms with Crippen LogP contribution in [0.2, 0.25) is 0 Å². The molecule has 0 saturated carbocycles. The molecule has 0 aliphatic heterocycles. The first-order chi connectivity index (χ1) is 9.47. The molecule has 104 valence electrons. The Hall–Kier alpha value is -2.28. The van der Waals surface area contributed by atoms with Crippen LogP contribution in [-0.2, 0) is 0 Å².